The van der Waals surface area contributed by atoms with Crippen LogP contribution in [0.15, 0.2) is 30.0 Å². The molecule has 1 heterocycles. The molecule has 0 saturated carbocycles. The van der Waals surface area contributed by atoms with E-state index in [2.05, 4.69) is 0 Å². The minimum absolute atomic E-state index is 0.0520. The quantitative estimate of drug-likeness (QED) is 0.596. The number of aliphatic hydroxyl groups is 1. The normalized spacial score (nSPS) is 15.4. The highest BCUT2D eigenvalue weighted by atomic mass is 19.2. The largest absolute Gasteiger partial charge is 0.510 e. The van der Waals surface area contributed by atoms with Gasteiger partial charge in [0.05, 0.1) is 5.69 Å². The molecule has 2 nitrogen and oxygen atoms in total. The van der Waals surface area contributed by atoms with Gasteiger partial charge in [-0.05, 0) is 12.1 Å². The number of nitrogens with zero attached hydrogens (tertiary/aromatic N) is 1. The second-order valence-electron chi connectivity index (χ2n) is 2.71. The zero-order chi connectivity index (χ0) is 8.55. The number of halogens is 1. The molecule has 0 spiro atoms. The summed E-state index contributed by atoms with van der Waals surface area (Å²) in [6, 6.07) is 7.01. The second-order valence-corrected chi connectivity index (χ2v) is 2.71. The van der Waals surface area contributed by atoms with Gasteiger partial charge < -0.3 is 5.11 Å². The Bertz CT molecular complexity index is 335. The van der Waals surface area contributed by atoms with Crippen molar-refractivity contribution in [2.75, 3.05) is 11.7 Å². The smallest absolute Gasteiger partial charge is 0.115 e. The summed E-state index contributed by atoms with van der Waals surface area (Å²) in [6.45, 7) is -0.0585. The molecule has 3 heteroatoms. The van der Waals surface area contributed by atoms with Gasteiger partial charge in [-0.15, -0.1) is 0 Å². The lowest BCUT2D eigenvalue weighted by Gasteiger charge is -2.19. The SMILES string of the molecule is OC1=Cc2ccccc2N(F)C1. The molecule has 0 aliphatic carbocycles. The van der Waals surface area contributed by atoms with Crippen molar-refractivity contribution in [2.45, 2.75) is 0 Å². The van der Waals surface area contributed by atoms with E-state index >= 15 is 0 Å². The molecule has 1 aromatic carbocycles. The van der Waals surface area contributed by atoms with Crippen LogP contribution in [0.4, 0.5) is 10.2 Å². The number of fused-ring (bicyclic) bond motifs is 1. The minimum Gasteiger partial charge on any atom is -0.510 e. The standard InChI is InChI=1S/C9H8FNO/c10-11-6-8(12)5-7-3-1-2-4-9(7)11/h1-5,12H,6H2. The fourth-order valence-corrected chi connectivity index (χ4v) is 1.28. The molecule has 1 N–H and O–H groups in total. The Morgan fingerprint density at radius 3 is 2.92 bits per heavy atom. The minimum atomic E-state index is -0.0585. The predicted octanol–water partition coefficient (Wildman–Crippen LogP) is 2.29. The van der Waals surface area contributed by atoms with Crippen molar-refractivity contribution in [3.8, 4) is 0 Å². The first-order chi connectivity index (χ1) is 5.77. The molecular formula is C9H8FNO. The van der Waals surface area contributed by atoms with Crippen LogP contribution in [0.25, 0.3) is 6.08 Å². The van der Waals surface area contributed by atoms with Gasteiger partial charge in [-0.1, -0.05) is 22.7 Å². The molecule has 0 unspecified atom stereocenters. The summed E-state index contributed by atoms with van der Waals surface area (Å²) < 4.78 is 13.1. The maximum atomic E-state index is 13.1. The van der Waals surface area contributed by atoms with E-state index in [9.17, 15) is 4.48 Å². The van der Waals surface area contributed by atoms with Crippen LogP contribution in [0.5, 0.6) is 0 Å². The molecule has 62 valence electrons. The highest BCUT2D eigenvalue weighted by molar-refractivity contribution is 5.71. The second kappa shape index (κ2) is 2.52. The Balaban J connectivity index is 2.55. The molecule has 0 fully saturated rings. The van der Waals surface area contributed by atoms with E-state index in [4.69, 9.17) is 5.11 Å². The first-order valence-electron chi connectivity index (χ1n) is 3.69. The van der Waals surface area contributed by atoms with Crippen LogP contribution < -0.4 is 5.12 Å². The Kier molecular flexibility index (Phi) is 1.50. The maximum absolute atomic E-state index is 13.1. The molecule has 2 rings (SSSR count). The molecule has 0 bridgehead atoms. The fourth-order valence-electron chi connectivity index (χ4n) is 1.28. The molecule has 0 aromatic heterocycles. The van der Waals surface area contributed by atoms with Crippen LogP contribution in [-0.4, -0.2) is 11.7 Å². The predicted molar refractivity (Wildman–Crippen MR) is 45.5 cm³/mol. The van der Waals surface area contributed by atoms with E-state index in [0.717, 1.165) is 0 Å². The maximum Gasteiger partial charge on any atom is 0.115 e. The number of hydrogen-bond acceptors (Lipinski definition) is 2. The van der Waals surface area contributed by atoms with Gasteiger partial charge in [0, 0.05) is 5.56 Å². The highest BCUT2D eigenvalue weighted by Gasteiger charge is 2.15. The van der Waals surface area contributed by atoms with Crippen molar-refractivity contribution in [3.05, 3.63) is 35.6 Å². The first kappa shape index (κ1) is 7.16. The number of rotatable bonds is 0. The third-order valence-corrected chi connectivity index (χ3v) is 1.82. The van der Waals surface area contributed by atoms with Crippen molar-refractivity contribution in [2.24, 2.45) is 0 Å². The van der Waals surface area contributed by atoms with Crippen molar-refractivity contribution < 1.29 is 9.59 Å². The Hall–Kier alpha value is -1.51. The molecule has 0 saturated heterocycles. The van der Waals surface area contributed by atoms with Crippen LogP contribution in [0.1, 0.15) is 5.56 Å². The summed E-state index contributed by atoms with van der Waals surface area (Å²) in [5, 5.41) is 9.64. The Labute approximate surface area is 69.5 Å². The fraction of sp³-hybridized carbons (Fsp3) is 0.111. The van der Waals surface area contributed by atoms with E-state index < -0.39 is 0 Å². The lowest BCUT2D eigenvalue weighted by atomic mass is 10.1. The third kappa shape index (κ3) is 1.03. The van der Waals surface area contributed by atoms with Gasteiger partial charge in [-0.25, -0.2) is 5.12 Å². The lowest BCUT2D eigenvalue weighted by Crippen LogP contribution is -2.19. The van der Waals surface area contributed by atoms with E-state index in [-0.39, 0.29) is 12.3 Å². The van der Waals surface area contributed by atoms with E-state index in [1.54, 1.807) is 24.3 Å². The average Bonchev–Trinajstić information content (AvgIpc) is 2.04. The van der Waals surface area contributed by atoms with Crippen molar-refractivity contribution in [1.29, 1.82) is 0 Å². The van der Waals surface area contributed by atoms with E-state index in [0.29, 0.717) is 16.4 Å². The molecular weight excluding hydrogens is 157 g/mol. The first-order valence-corrected chi connectivity index (χ1v) is 3.69. The van der Waals surface area contributed by atoms with Crippen LogP contribution in [0.3, 0.4) is 0 Å². The van der Waals surface area contributed by atoms with Crippen LogP contribution in [0, 0.1) is 0 Å². The number of aliphatic hydroxyl groups excluding tert-OH is 1. The topological polar surface area (TPSA) is 23.5 Å². The number of para-hydroxylation sites is 1. The lowest BCUT2D eigenvalue weighted by molar-refractivity contribution is 0.357. The van der Waals surface area contributed by atoms with Gasteiger partial charge in [0.15, 0.2) is 0 Å². The molecule has 1 aromatic rings. The number of benzene rings is 1. The van der Waals surface area contributed by atoms with Crippen LogP contribution in [-0.2, 0) is 0 Å². The monoisotopic (exact) mass is 165 g/mol. The van der Waals surface area contributed by atoms with Gasteiger partial charge in [0.2, 0.25) is 0 Å². The van der Waals surface area contributed by atoms with Crippen LogP contribution >= 0.6 is 0 Å². The summed E-state index contributed by atoms with van der Waals surface area (Å²) in [5.41, 5.74) is 1.22. The number of hydrogen-bond donors (Lipinski definition) is 1. The van der Waals surface area contributed by atoms with E-state index in [1.165, 1.54) is 0 Å². The summed E-state index contributed by atoms with van der Waals surface area (Å²) in [5.74, 6) is 0.0520. The number of anilines is 1. The molecule has 12 heavy (non-hydrogen) atoms. The zero-order valence-electron chi connectivity index (χ0n) is 6.37. The van der Waals surface area contributed by atoms with Crippen molar-refractivity contribution in [3.63, 3.8) is 0 Å². The molecule has 0 atom stereocenters. The van der Waals surface area contributed by atoms with Crippen molar-refractivity contribution in [1.82, 2.24) is 0 Å². The van der Waals surface area contributed by atoms with Gasteiger partial charge in [0.1, 0.15) is 12.3 Å². The molecule has 1 aliphatic heterocycles. The Morgan fingerprint density at radius 2 is 2.08 bits per heavy atom. The highest BCUT2D eigenvalue weighted by Crippen LogP contribution is 2.27. The summed E-state index contributed by atoms with van der Waals surface area (Å²) in [4.78, 5) is 0. The van der Waals surface area contributed by atoms with Crippen molar-refractivity contribution >= 4 is 11.8 Å². The van der Waals surface area contributed by atoms with Crippen LogP contribution in [0.2, 0.25) is 0 Å². The summed E-state index contributed by atoms with van der Waals surface area (Å²) in [7, 11) is 0. The average molecular weight is 165 g/mol. The van der Waals surface area contributed by atoms with Gasteiger partial charge in [-0.3, -0.25) is 0 Å². The molecule has 0 amide bonds. The van der Waals surface area contributed by atoms with Gasteiger partial charge in [-0.2, -0.15) is 0 Å². The Morgan fingerprint density at radius 1 is 1.33 bits per heavy atom. The van der Waals surface area contributed by atoms with Gasteiger partial charge in [0.25, 0.3) is 0 Å². The molecule has 0 radical (unpaired) electrons. The zero-order valence-corrected chi connectivity index (χ0v) is 6.37. The third-order valence-electron chi connectivity index (χ3n) is 1.82. The van der Waals surface area contributed by atoms with Gasteiger partial charge >= 0.3 is 0 Å². The van der Waals surface area contributed by atoms with E-state index in [1.807, 2.05) is 6.07 Å². The molecule has 1 aliphatic rings. The summed E-state index contributed by atoms with van der Waals surface area (Å²) >= 11 is 0. The summed E-state index contributed by atoms with van der Waals surface area (Å²) in [6.07, 6.45) is 1.57.